The maximum absolute atomic E-state index is 12.6. The highest BCUT2D eigenvalue weighted by Gasteiger charge is 2.26. The van der Waals surface area contributed by atoms with Gasteiger partial charge in [-0.05, 0) is 49.3 Å². The van der Waals surface area contributed by atoms with Crippen LogP contribution in [0.15, 0.2) is 35.2 Å². The summed E-state index contributed by atoms with van der Waals surface area (Å²) in [5.41, 5.74) is 3.58. The molecule has 0 unspecified atom stereocenters. The molecule has 0 atom stereocenters. The molecule has 124 valence electrons. The molecular weight excluding hydrogens is 340 g/mol. The molecule has 2 aromatic heterocycles. The maximum Gasteiger partial charge on any atom is 0.248 e. The zero-order valence-electron chi connectivity index (χ0n) is 13.3. The van der Waals surface area contributed by atoms with Crippen LogP contribution in [0.3, 0.4) is 0 Å². The summed E-state index contributed by atoms with van der Waals surface area (Å²) in [5, 5.41) is 5.76. The summed E-state index contributed by atoms with van der Waals surface area (Å²) in [5.74, 6) is -0.000108. The van der Waals surface area contributed by atoms with E-state index in [4.69, 9.17) is 16.6 Å². The lowest BCUT2D eigenvalue weighted by atomic mass is 9.94. The first-order chi connectivity index (χ1) is 11.7. The predicted molar refractivity (Wildman–Crippen MR) is 99.0 cm³/mol. The van der Waals surface area contributed by atoms with Crippen LogP contribution >= 0.6 is 22.9 Å². The van der Waals surface area contributed by atoms with Crippen LogP contribution in [0.2, 0.25) is 0 Å². The minimum Gasteiger partial charge on any atom is -0.350 e. The van der Waals surface area contributed by atoms with E-state index in [1.165, 1.54) is 12.8 Å². The number of thiophene rings is 1. The molecule has 0 saturated heterocycles. The molecular formula is C19H19ClN2OS. The monoisotopic (exact) mass is 358 g/mol. The molecule has 2 heterocycles. The Morgan fingerprint density at radius 2 is 2.04 bits per heavy atom. The highest BCUT2D eigenvalue weighted by atomic mass is 35.5. The second-order valence-corrected chi connectivity index (χ2v) is 7.74. The number of amides is 1. The number of rotatable bonds is 3. The van der Waals surface area contributed by atoms with Gasteiger partial charge in [-0.3, -0.25) is 9.78 Å². The van der Waals surface area contributed by atoms with Crippen molar-refractivity contribution in [3.63, 3.8) is 0 Å². The molecule has 0 aliphatic heterocycles. The van der Waals surface area contributed by atoms with Gasteiger partial charge in [0.05, 0.1) is 21.3 Å². The number of aromatic nitrogens is 1. The van der Waals surface area contributed by atoms with Crippen LogP contribution in [-0.4, -0.2) is 16.9 Å². The van der Waals surface area contributed by atoms with Gasteiger partial charge in [-0.2, -0.15) is 0 Å². The average Bonchev–Trinajstić information content (AvgIpc) is 3.28. The first kappa shape index (κ1) is 15.9. The number of fused-ring (bicyclic) bond motifs is 1. The smallest absolute Gasteiger partial charge is 0.248 e. The third-order valence-corrected chi connectivity index (χ3v) is 6.15. The molecule has 2 aliphatic carbocycles. The Bertz CT molecular complexity index is 792. The molecule has 1 saturated carbocycles. The van der Waals surface area contributed by atoms with Gasteiger partial charge >= 0.3 is 0 Å². The number of hydrogen-bond acceptors (Lipinski definition) is 3. The quantitative estimate of drug-likeness (QED) is 0.859. The van der Waals surface area contributed by atoms with Crippen LogP contribution < -0.4 is 5.32 Å². The van der Waals surface area contributed by atoms with E-state index < -0.39 is 0 Å². The second kappa shape index (κ2) is 6.69. The van der Waals surface area contributed by atoms with E-state index in [0.717, 1.165) is 41.1 Å². The van der Waals surface area contributed by atoms with Crippen molar-refractivity contribution in [1.29, 1.82) is 0 Å². The van der Waals surface area contributed by atoms with Crippen molar-refractivity contribution in [2.75, 3.05) is 0 Å². The summed E-state index contributed by atoms with van der Waals surface area (Å²) >= 11 is 8.23. The molecule has 3 nitrogen and oxygen atoms in total. The van der Waals surface area contributed by atoms with E-state index in [1.54, 1.807) is 11.3 Å². The fraction of sp³-hybridized carbons (Fsp3) is 0.368. The van der Waals surface area contributed by atoms with Crippen LogP contribution in [0.4, 0.5) is 0 Å². The van der Waals surface area contributed by atoms with Gasteiger partial charge in [0, 0.05) is 17.2 Å². The SMILES string of the molecule is O=C(NC1CCCC1)C1=C(Cl)c2ccc(-c3cccs3)nc2CC1. The molecule has 0 spiro atoms. The molecule has 1 N–H and O–H groups in total. The van der Waals surface area contributed by atoms with Crippen molar-refractivity contribution < 1.29 is 4.79 Å². The van der Waals surface area contributed by atoms with Crippen LogP contribution in [0.1, 0.15) is 43.4 Å². The van der Waals surface area contributed by atoms with Crippen molar-refractivity contribution >= 4 is 33.9 Å². The minimum atomic E-state index is -0.000108. The van der Waals surface area contributed by atoms with Gasteiger partial charge in [-0.15, -0.1) is 11.3 Å². The minimum absolute atomic E-state index is 0.000108. The van der Waals surface area contributed by atoms with Crippen molar-refractivity contribution in [2.24, 2.45) is 0 Å². The number of pyridine rings is 1. The lowest BCUT2D eigenvalue weighted by Gasteiger charge is -2.21. The zero-order chi connectivity index (χ0) is 16.5. The van der Waals surface area contributed by atoms with Gasteiger partial charge in [0.1, 0.15) is 0 Å². The maximum atomic E-state index is 12.6. The molecule has 0 bridgehead atoms. The normalized spacial score (nSPS) is 17.9. The van der Waals surface area contributed by atoms with E-state index >= 15 is 0 Å². The molecule has 24 heavy (non-hydrogen) atoms. The summed E-state index contributed by atoms with van der Waals surface area (Å²) < 4.78 is 0. The van der Waals surface area contributed by atoms with E-state index in [1.807, 2.05) is 18.2 Å². The van der Waals surface area contributed by atoms with Crippen molar-refractivity contribution in [3.05, 3.63) is 46.5 Å². The van der Waals surface area contributed by atoms with E-state index in [2.05, 4.69) is 16.8 Å². The molecule has 1 amide bonds. The first-order valence-corrected chi connectivity index (χ1v) is 9.72. The van der Waals surface area contributed by atoms with Gasteiger partial charge < -0.3 is 5.32 Å². The zero-order valence-corrected chi connectivity index (χ0v) is 14.9. The Morgan fingerprint density at radius 3 is 2.79 bits per heavy atom. The van der Waals surface area contributed by atoms with Crippen LogP contribution in [0.25, 0.3) is 15.6 Å². The molecule has 1 fully saturated rings. The summed E-state index contributed by atoms with van der Waals surface area (Å²) in [7, 11) is 0. The van der Waals surface area contributed by atoms with Gasteiger partial charge in [0.25, 0.3) is 0 Å². The molecule has 2 aromatic rings. The number of aryl methyl sites for hydroxylation is 1. The fourth-order valence-corrected chi connectivity index (χ4v) is 4.57. The summed E-state index contributed by atoms with van der Waals surface area (Å²) in [6.45, 7) is 0. The molecule has 4 rings (SSSR count). The van der Waals surface area contributed by atoms with E-state index in [0.29, 0.717) is 23.1 Å². The van der Waals surface area contributed by atoms with Crippen molar-refractivity contribution in [1.82, 2.24) is 10.3 Å². The summed E-state index contributed by atoms with van der Waals surface area (Å²) in [6.07, 6.45) is 5.99. The Balaban J connectivity index is 1.60. The standard InChI is InChI=1S/C19H19ClN2OS/c20-18-13-7-10-16(17-6-3-11-24-17)22-15(13)9-8-14(18)19(23)21-12-4-1-2-5-12/h3,6-7,10-12H,1-2,4-5,8-9H2,(H,21,23). The predicted octanol–water partition coefficient (Wildman–Crippen LogP) is 4.77. The Hall–Kier alpha value is -1.65. The molecule has 0 radical (unpaired) electrons. The largest absolute Gasteiger partial charge is 0.350 e. The number of nitrogens with zero attached hydrogens (tertiary/aromatic N) is 1. The third kappa shape index (κ3) is 3.01. The number of nitrogens with one attached hydrogen (secondary N) is 1. The molecule has 2 aliphatic rings. The van der Waals surface area contributed by atoms with Crippen LogP contribution in [-0.2, 0) is 11.2 Å². The first-order valence-electron chi connectivity index (χ1n) is 8.46. The number of halogens is 1. The average molecular weight is 359 g/mol. The highest BCUT2D eigenvalue weighted by molar-refractivity contribution is 7.13. The summed E-state index contributed by atoms with van der Waals surface area (Å²) in [6, 6.07) is 8.40. The van der Waals surface area contributed by atoms with Crippen molar-refractivity contribution in [2.45, 2.75) is 44.6 Å². The van der Waals surface area contributed by atoms with Gasteiger partial charge in [0.2, 0.25) is 5.91 Å². The van der Waals surface area contributed by atoms with E-state index in [-0.39, 0.29) is 5.91 Å². The Labute approximate surface area is 150 Å². The van der Waals surface area contributed by atoms with Gasteiger partial charge in [-0.25, -0.2) is 0 Å². The van der Waals surface area contributed by atoms with Gasteiger partial charge in [0.15, 0.2) is 0 Å². The highest BCUT2D eigenvalue weighted by Crippen LogP contribution is 2.35. The third-order valence-electron chi connectivity index (χ3n) is 4.83. The Morgan fingerprint density at radius 1 is 1.21 bits per heavy atom. The fourth-order valence-electron chi connectivity index (χ4n) is 3.52. The lowest BCUT2D eigenvalue weighted by molar-refractivity contribution is -0.118. The summed E-state index contributed by atoms with van der Waals surface area (Å²) in [4.78, 5) is 18.5. The topological polar surface area (TPSA) is 42.0 Å². The molecule has 5 heteroatoms. The number of carbonyl (C=O) groups excluding carboxylic acids is 1. The van der Waals surface area contributed by atoms with Crippen LogP contribution in [0.5, 0.6) is 0 Å². The lowest BCUT2D eigenvalue weighted by Crippen LogP contribution is -2.34. The second-order valence-electron chi connectivity index (χ2n) is 6.42. The Kier molecular flexibility index (Phi) is 4.42. The van der Waals surface area contributed by atoms with E-state index in [9.17, 15) is 4.79 Å². The van der Waals surface area contributed by atoms with Crippen molar-refractivity contribution in [3.8, 4) is 10.6 Å². The van der Waals surface area contributed by atoms with Crippen LogP contribution in [0, 0.1) is 0 Å². The number of hydrogen-bond donors (Lipinski definition) is 1. The molecule has 0 aromatic carbocycles. The van der Waals surface area contributed by atoms with Gasteiger partial charge in [-0.1, -0.05) is 30.5 Å². The number of carbonyl (C=O) groups is 1.